The van der Waals surface area contributed by atoms with Gasteiger partial charge in [-0.15, -0.1) is 0 Å². The van der Waals surface area contributed by atoms with E-state index in [-0.39, 0.29) is 11.7 Å². The smallest absolute Gasteiger partial charge is 0.316 e. The fourth-order valence-corrected chi connectivity index (χ4v) is 1.84. The minimum absolute atomic E-state index is 0.188. The summed E-state index contributed by atoms with van der Waals surface area (Å²) in [6.45, 7) is 2.14. The van der Waals surface area contributed by atoms with Crippen molar-refractivity contribution in [2.45, 2.75) is 11.9 Å². The minimum Gasteiger partial charge on any atom is -0.465 e. The van der Waals surface area contributed by atoms with Crippen LogP contribution in [0.2, 0.25) is 5.02 Å². The number of halogens is 1. The number of thioether (sulfide) groups is 1. The molecule has 1 heterocycles. The third kappa shape index (κ3) is 3.86. The van der Waals surface area contributed by atoms with Gasteiger partial charge >= 0.3 is 5.97 Å². The van der Waals surface area contributed by atoms with Crippen LogP contribution in [0, 0.1) is 0 Å². The van der Waals surface area contributed by atoms with Gasteiger partial charge in [0.25, 0.3) is 0 Å². The predicted octanol–water partition coefficient (Wildman–Crippen LogP) is 1.83. The van der Waals surface area contributed by atoms with Crippen LogP contribution >= 0.6 is 23.4 Å². The number of aromatic nitrogens is 2. The maximum absolute atomic E-state index is 11.1. The second-order valence-electron chi connectivity index (χ2n) is 2.69. The number of ether oxygens (including phenoxy) is 1. The predicted molar refractivity (Wildman–Crippen MR) is 63.9 cm³/mol. The second kappa shape index (κ2) is 6.55. The molecule has 88 valence electrons. The summed E-state index contributed by atoms with van der Waals surface area (Å²) in [5, 5.41) is 3.79. The lowest BCUT2D eigenvalue weighted by Gasteiger charge is -2.04. The van der Waals surface area contributed by atoms with Crippen molar-refractivity contribution < 1.29 is 9.53 Å². The van der Waals surface area contributed by atoms with Crippen LogP contribution in [0.5, 0.6) is 0 Å². The normalized spacial score (nSPS) is 9.94. The van der Waals surface area contributed by atoms with Crippen LogP contribution in [0.4, 0.5) is 5.95 Å². The Morgan fingerprint density at radius 1 is 1.69 bits per heavy atom. The molecule has 0 aromatic carbocycles. The lowest BCUT2D eigenvalue weighted by Crippen LogP contribution is -2.07. The zero-order valence-electron chi connectivity index (χ0n) is 8.99. The van der Waals surface area contributed by atoms with Gasteiger partial charge in [-0.2, -0.15) is 0 Å². The first kappa shape index (κ1) is 13.1. The van der Waals surface area contributed by atoms with Crippen molar-refractivity contribution in [3.63, 3.8) is 0 Å². The van der Waals surface area contributed by atoms with E-state index in [1.807, 2.05) is 0 Å². The van der Waals surface area contributed by atoms with Gasteiger partial charge in [0, 0.05) is 7.05 Å². The zero-order valence-corrected chi connectivity index (χ0v) is 10.6. The molecule has 1 rings (SSSR count). The summed E-state index contributed by atoms with van der Waals surface area (Å²) in [4.78, 5) is 19.2. The van der Waals surface area contributed by atoms with Crippen molar-refractivity contribution in [3.8, 4) is 0 Å². The molecule has 0 amide bonds. The van der Waals surface area contributed by atoms with Crippen molar-refractivity contribution in [2.24, 2.45) is 0 Å². The fraction of sp³-hybridized carbons (Fsp3) is 0.444. The highest BCUT2D eigenvalue weighted by atomic mass is 35.5. The number of rotatable bonds is 5. The van der Waals surface area contributed by atoms with Crippen molar-refractivity contribution in [2.75, 3.05) is 24.7 Å². The van der Waals surface area contributed by atoms with Crippen molar-refractivity contribution in [1.82, 2.24) is 9.97 Å². The Morgan fingerprint density at radius 2 is 2.44 bits per heavy atom. The van der Waals surface area contributed by atoms with Crippen molar-refractivity contribution in [3.05, 3.63) is 11.2 Å². The number of anilines is 1. The topological polar surface area (TPSA) is 64.1 Å². The summed E-state index contributed by atoms with van der Waals surface area (Å²) >= 11 is 7.12. The number of hydrogen-bond acceptors (Lipinski definition) is 6. The molecule has 0 saturated heterocycles. The average Bonchev–Trinajstić information content (AvgIpc) is 2.28. The molecule has 0 fully saturated rings. The van der Waals surface area contributed by atoms with Crippen LogP contribution in [-0.2, 0) is 9.53 Å². The molecule has 0 aliphatic carbocycles. The Hall–Kier alpha value is -1.01. The van der Waals surface area contributed by atoms with E-state index in [1.165, 1.54) is 18.0 Å². The Kier molecular flexibility index (Phi) is 5.34. The molecule has 0 unspecified atom stereocenters. The van der Waals surface area contributed by atoms with Crippen LogP contribution in [0.15, 0.2) is 11.2 Å². The highest BCUT2D eigenvalue weighted by molar-refractivity contribution is 8.00. The largest absolute Gasteiger partial charge is 0.465 e. The minimum atomic E-state index is -0.284. The van der Waals surface area contributed by atoms with Gasteiger partial charge in [0.2, 0.25) is 5.95 Å². The van der Waals surface area contributed by atoms with E-state index >= 15 is 0 Å². The van der Waals surface area contributed by atoms with Gasteiger partial charge in [-0.05, 0) is 6.92 Å². The molecule has 1 aromatic rings. The van der Waals surface area contributed by atoms with Gasteiger partial charge in [-0.3, -0.25) is 4.79 Å². The van der Waals surface area contributed by atoms with Gasteiger partial charge in [0.1, 0.15) is 5.03 Å². The van der Waals surface area contributed by atoms with Crippen LogP contribution in [-0.4, -0.2) is 35.3 Å². The number of carbonyl (C=O) groups excluding carboxylic acids is 1. The van der Waals surface area contributed by atoms with Gasteiger partial charge in [0.15, 0.2) is 0 Å². The number of esters is 1. The molecule has 0 aliphatic heterocycles. The Bertz CT molecular complexity index is 376. The molecular formula is C9H12ClN3O2S. The molecule has 1 N–H and O–H groups in total. The number of carbonyl (C=O) groups is 1. The summed E-state index contributed by atoms with van der Waals surface area (Å²) < 4.78 is 4.80. The van der Waals surface area contributed by atoms with Crippen LogP contribution < -0.4 is 5.32 Å². The first-order valence-corrected chi connectivity index (χ1v) is 6.02. The highest BCUT2D eigenvalue weighted by Gasteiger charge is 2.09. The van der Waals surface area contributed by atoms with Gasteiger partial charge in [-0.1, -0.05) is 23.4 Å². The molecular weight excluding hydrogens is 250 g/mol. The van der Waals surface area contributed by atoms with E-state index in [4.69, 9.17) is 16.3 Å². The molecule has 0 radical (unpaired) electrons. The Labute approximate surface area is 103 Å². The molecule has 16 heavy (non-hydrogen) atoms. The van der Waals surface area contributed by atoms with E-state index in [1.54, 1.807) is 14.0 Å². The lowest BCUT2D eigenvalue weighted by atomic mass is 10.6. The second-order valence-corrected chi connectivity index (χ2v) is 4.06. The summed E-state index contributed by atoms with van der Waals surface area (Å²) in [5.74, 6) is 0.372. The molecule has 5 nitrogen and oxygen atoms in total. The van der Waals surface area contributed by atoms with Crippen molar-refractivity contribution in [1.29, 1.82) is 0 Å². The highest BCUT2D eigenvalue weighted by Crippen LogP contribution is 2.25. The van der Waals surface area contributed by atoms with E-state index in [0.717, 1.165) is 0 Å². The quantitative estimate of drug-likeness (QED) is 0.496. The third-order valence-corrected chi connectivity index (χ3v) is 2.92. The fourth-order valence-electron chi connectivity index (χ4n) is 0.903. The number of nitrogens with one attached hydrogen (secondary N) is 1. The lowest BCUT2D eigenvalue weighted by molar-refractivity contribution is -0.139. The van der Waals surface area contributed by atoms with E-state index in [9.17, 15) is 4.79 Å². The molecule has 0 saturated carbocycles. The summed E-state index contributed by atoms with van der Waals surface area (Å²) in [7, 11) is 1.71. The Morgan fingerprint density at radius 3 is 3.06 bits per heavy atom. The van der Waals surface area contributed by atoms with Gasteiger partial charge in [-0.25, -0.2) is 9.97 Å². The maximum Gasteiger partial charge on any atom is 0.316 e. The third-order valence-electron chi connectivity index (χ3n) is 1.57. The monoisotopic (exact) mass is 261 g/mol. The van der Waals surface area contributed by atoms with E-state index in [2.05, 4.69) is 15.3 Å². The van der Waals surface area contributed by atoms with Crippen LogP contribution in [0.25, 0.3) is 0 Å². The SMILES string of the molecule is CCOC(=O)CSc1nc(NC)ncc1Cl. The van der Waals surface area contributed by atoms with E-state index < -0.39 is 0 Å². The summed E-state index contributed by atoms with van der Waals surface area (Å²) in [6, 6.07) is 0. The van der Waals surface area contributed by atoms with Crippen LogP contribution in [0.1, 0.15) is 6.92 Å². The zero-order chi connectivity index (χ0) is 12.0. The van der Waals surface area contributed by atoms with Crippen molar-refractivity contribution >= 4 is 35.3 Å². The average molecular weight is 262 g/mol. The summed E-state index contributed by atoms with van der Waals surface area (Å²) in [5.41, 5.74) is 0. The molecule has 7 heteroatoms. The number of hydrogen-bond donors (Lipinski definition) is 1. The van der Waals surface area contributed by atoms with E-state index in [0.29, 0.717) is 22.6 Å². The Balaban J connectivity index is 2.62. The molecule has 0 aliphatic rings. The first-order chi connectivity index (χ1) is 7.67. The molecule has 0 spiro atoms. The maximum atomic E-state index is 11.1. The first-order valence-electron chi connectivity index (χ1n) is 4.66. The number of nitrogens with zero attached hydrogens (tertiary/aromatic N) is 2. The van der Waals surface area contributed by atoms with Gasteiger partial charge < -0.3 is 10.1 Å². The van der Waals surface area contributed by atoms with Gasteiger partial charge in [0.05, 0.1) is 23.6 Å². The van der Waals surface area contributed by atoms with Crippen LogP contribution in [0.3, 0.4) is 0 Å². The standard InChI is InChI=1S/C9H12ClN3O2S/c1-3-15-7(14)5-16-8-6(10)4-12-9(11-2)13-8/h4H,3,5H2,1-2H3,(H,11,12,13). The summed E-state index contributed by atoms with van der Waals surface area (Å²) in [6.07, 6.45) is 1.49. The molecule has 0 atom stereocenters. The molecule has 0 bridgehead atoms. The molecule has 1 aromatic heterocycles.